The lowest BCUT2D eigenvalue weighted by Crippen LogP contribution is -2.32. The summed E-state index contributed by atoms with van der Waals surface area (Å²) in [5, 5.41) is 2.66. The van der Waals surface area contributed by atoms with Crippen molar-refractivity contribution < 1.29 is 9.53 Å². The first-order chi connectivity index (χ1) is 8.47. The van der Waals surface area contributed by atoms with E-state index in [1.54, 1.807) is 0 Å². The average Bonchev–Trinajstić information content (AvgIpc) is 2.27. The molecule has 0 aliphatic rings. The molecule has 1 amide bonds. The number of hydrogen-bond donors (Lipinski definition) is 1. The van der Waals surface area contributed by atoms with Crippen LogP contribution in [0.25, 0.3) is 0 Å². The summed E-state index contributed by atoms with van der Waals surface area (Å²) in [6.45, 7) is 6.00. The molecular weight excluding hydrogens is 226 g/mol. The molecule has 0 fully saturated rings. The zero-order valence-corrected chi connectivity index (χ0v) is 11.1. The Hall–Kier alpha value is -1.95. The van der Waals surface area contributed by atoms with Crippen LogP contribution in [-0.4, -0.2) is 18.2 Å². The fourth-order valence-electron chi connectivity index (χ4n) is 1.23. The second-order valence-electron chi connectivity index (χ2n) is 4.85. The highest BCUT2D eigenvalue weighted by Gasteiger charge is 2.14. The summed E-state index contributed by atoms with van der Waals surface area (Å²) < 4.78 is 5.10. The normalized spacial score (nSPS) is 10.2. The van der Waals surface area contributed by atoms with Crippen LogP contribution in [0.2, 0.25) is 0 Å². The van der Waals surface area contributed by atoms with E-state index in [4.69, 9.17) is 4.74 Å². The van der Waals surface area contributed by atoms with E-state index in [0.717, 1.165) is 5.56 Å². The number of rotatable bonds is 2. The van der Waals surface area contributed by atoms with Gasteiger partial charge < -0.3 is 10.1 Å². The van der Waals surface area contributed by atoms with Gasteiger partial charge in [-0.1, -0.05) is 30.0 Å². The Morgan fingerprint density at radius 1 is 1.28 bits per heavy atom. The van der Waals surface area contributed by atoms with Gasteiger partial charge in [-0.25, -0.2) is 4.79 Å². The summed E-state index contributed by atoms with van der Waals surface area (Å²) in [6.07, 6.45) is 0.206. The number of carbonyl (C=O) groups excluding carboxylic acids is 1. The summed E-state index contributed by atoms with van der Waals surface area (Å²) in [4.78, 5) is 11.3. The molecule has 0 spiro atoms. The van der Waals surface area contributed by atoms with E-state index in [-0.39, 0.29) is 0 Å². The number of amides is 1. The van der Waals surface area contributed by atoms with Crippen LogP contribution >= 0.6 is 0 Å². The molecule has 1 aromatic rings. The Kier molecular flexibility index (Phi) is 5.26. The second-order valence-corrected chi connectivity index (χ2v) is 4.85. The first-order valence-corrected chi connectivity index (χ1v) is 5.98. The van der Waals surface area contributed by atoms with Crippen molar-refractivity contribution in [1.82, 2.24) is 5.32 Å². The van der Waals surface area contributed by atoms with Crippen LogP contribution in [0.1, 0.15) is 32.8 Å². The van der Waals surface area contributed by atoms with Gasteiger partial charge >= 0.3 is 6.09 Å². The van der Waals surface area contributed by atoms with Crippen LogP contribution in [0.3, 0.4) is 0 Å². The third-order valence-corrected chi connectivity index (χ3v) is 1.92. The molecule has 0 unspecified atom stereocenters. The Balaban J connectivity index is 2.24. The maximum atomic E-state index is 11.3. The van der Waals surface area contributed by atoms with Crippen molar-refractivity contribution >= 4 is 6.09 Å². The van der Waals surface area contributed by atoms with Crippen molar-refractivity contribution in [2.45, 2.75) is 32.8 Å². The van der Waals surface area contributed by atoms with Crippen LogP contribution in [0.15, 0.2) is 30.3 Å². The predicted molar refractivity (Wildman–Crippen MR) is 72.2 cm³/mol. The molecule has 1 N–H and O–H groups in total. The van der Waals surface area contributed by atoms with E-state index in [2.05, 4.69) is 17.2 Å². The molecule has 0 saturated carbocycles. The number of nitrogens with one attached hydrogen (secondary N) is 1. The Morgan fingerprint density at radius 2 is 1.94 bits per heavy atom. The predicted octanol–water partition coefficient (Wildman–Crippen LogP) is 2.95. The number of benzene rings is 1. The van der Waals surface area contributed by atoms with Gasteiger partial charge in [0.2, 0.25) is 0 Å². The van der Waals surface area contributed by atoms with Gasteiger partial charge in [0.05, 0.1) is 0 Å². The molecular formula is C15H19NO2. The molecule has 1 rings (SSSR count). The molecule has 0 saturated heterocycles. The monoisotopic (exact) mass is 245 g/mol. The number of alkyl carbamates (subject to hydrolysis) is 1. The molecule has 0 aliphatic carbocycles. The van der Waals surface area contributed by atoms with Crippen LogP contribution in [0, 0.1) is 11.8 Å². The lowest BCUT2D eigenvalue weighted by molar-refractivity contribution is 0.0529. The zero-order chi connectivity index (χ0) is 13.4. The highest BCUT2D eigenvalue weighted by Crippen LogP contribution is 2.06. The summed E-state index contributed by atoms with van der Waals surface area (Å²) in [5.41, 5.74) is 0.523. The van der Waals surface area contributed by atoms with E-state index < -0.39 is 11.7 Å². The molecule has 18 heavy (non-hydrogen) atoms. The quantitative estimate of drug-likeness (QED) is 0.642. The smallest absolute Gasteiger partial charge is 0.407 e. The minimum Gasteiger partial charge on any atom is -0.444 e. The van der Waals surface area contributed by atoms with Gasteiger partial charge in [-0.3, -0.25) is 0 Å². The molecule has 3 heteroatoms. The largest absolute Gasteiger partial charge is 0.444 e. The summed E-state index contributed by atoms with van der Waals surface area (Å²) in [7, 11) is 0. The number of hydrogen-bond acceptors (Lipinski definition) is 2. The SMILES string of the molecule is CC(C)(C)OC(=O)NCCC#Cc1ccccc1. The third kappa shape index (κ3) is 6.59. The Labute approximate surface area is 109 Å². The zero-order valence-electron chi connectivity index (χ0n) is 11.1. The molecule has 1 aromatic carbocycles. The minimum atomic E-state index is -0.459. The van der Waals surface area contributed by atoms with Gasteiger partial charge in [-0.05, 0) is 32.9 Å². The second kappa shape index (κ2) is 6.70. The first kappa shape index (κ1) is 14.1. The van der Waals surface area contributed by atoms with Crippen molar-refractivity contribution in [2.75, 3.05) is 6.54 Å². The third-order valence-electron chi connectivity index (χ3n) is 1.92. The topological polar surface area (TPSA) is 38.3 Å². The fraction of sp³-hybridized carbons (Fsp3) is 0.400. The maximum Gasteiger partial charge on any atom is 0.407 e. The summed E-state index contributed by atoms with van der Waals surface area (Å²) in [5.74, 6) is 6.02. The van der Waals surface area contributed by atoms with Gasteiger partial charge in [0, 0.05) is 18.5 Å². The van der Waals surface area contributed by atoms with Crippen LogP contribution < -0.4 is 5.32 Å². The van der Waals surface area contributed by atoms with Crippen molar-refractivity contribution in [1.29, 1.82) is 0 Å². The average molecular weight is 245 g/mol. The van der Waals surface area contributed by atoms with E-state index in [1.807, 2.05) is 51.1 Å². The minimum absolute atomic E-state index is 0.399. The van der Waals surface area contributed by atoms with Crippen LogP contribution in [0.5, 0.6) is 0 Å². The van der Waals surface area contributed by atoms with Crippen molar-refractivity contribution in [3.63, 3.8) is 0 Å². The molecule has 3 nitrogen and oxygen atoms in total. The molecule has 0 aromatic heterocycles. The van der Waals surface area contributed by atoms with Crippen molar-refractivity contribution in [3.05, 3.63) is 35.9 Å². The summed E-state index contributed by atoms with van der Waals surface area (Å²) in [6, 6.07) is 9.75. The maximum absolute atomic E-state index is 11.3. The first-order valence-electron chi connectivity index (χ1n) is 5.98. The van der Waals surface area contributed by atoms with Crippen LogP contribution in [0.4, 0.5) is 4.79 Å². The molecule has 96 valence electrons. The van der Waals surface area contributed by atoms with Gasteiger partial charge in [0.1, 0.15) is 5.60 Å². The molecule has 0 bridgehead atoms. The highest BCUT2D eigenvalue weighted by molar-refractivity contribution is 5.67. The van der Waals surface area contributed by atoms with Gasteiger partial charge in [-0.15, -0.1) is 0 Å². The van der Waals surface area contributed by atoms with Gasteiger partial charge in [0.25, 0.3) is 0 Å². The highest BCUT2D eigenvalue weighted by atomic mass is 16.6. The fourth-order valence-corrected chi connectivity index (χ4v) is 1.23. The molecule has 0 atom stereocenters. The lowest BCUT2D eigenvalue weighted by Gasteiger charge is -2.19. The molecule has 0 heterocycles. The molecule has 0 radical (unpaired) electrons. The van der Waals surface area contributed by atoms with Crippen LogP contribution in [-0.2, 0) is 4.74 Å². The number of carbonyl (C=O) groups is 1. The van der Waals surface area contributed by atoms with E-state index >= 15 is 0 Å². The lowest BCUT2D eigenvalue weighted by atomic mass is 10.2. The summed E-state index contributed by atoms with van der Waals surface area (Å²) >= 11 is 0. The van der Waals surface area contributed by atoms with Gasteiger partial charge in [0.15, 0.2) is 0 Å². The van der Waals surface area contributed by atoms with E-state index in [1.165, 1.54) is 0 Å². The van der Waals surface area contributed by atoms with Crippen molar-refractivity contribution in [3.8, 4) is 11.8 Å². The standard InChI is InChI=1S/C15H19NO2/c1-15(2,3)18-14(17)16-12-8-7-11-13-9-5-4-6-10-13/h4-6,9-10H,8,12H2,1-3H3,(H,16,17). The van der Waals surface area contributed by atoms with Crippen molar-refractivity contribution in [2.24, 2.45) is 0 Å². The molecule has 0 aliphatic heterocycles. The number of ether oxygens (including phenoxy) is 1. The Bertz CT molecular complexity index is 435. The van der Waals surface area contributed by atoms with Gasteiger partial charge in [-0.2, -0.15) is 0 Å². The van der Waals surface area contributed by atoms with E-state index in [0.29, 0.717) is 13.0 Å². The van der Waals surface area contributed by atoms with E-state index in [9.17, 15) is 4.79 Å². The Morgan fingerprint density at radius 3 is 2.56 bits per heavy atom.